The number of rotatable bonds is 3. The summed E-state index contributed by atoms with van der Waals surface area (Å²) in [6.45, 7) is 8.63. The minimum atomic E-state index is 0.530. The van der Waals surface area contributed by atoms with Gasteiger partial charge in [-0.05, 0) is 45.0 Å². The van der Waals surface area contributed by atoms with Crippen molar-refractivity contribution in [2.24, 2.45) is 11.7 Å². The van der Waals surface area contributed by atoms with Crippen LogP contribution in [0.5, 0.6) is 0 Å². The van der Waals surface area contributed by atoms with Crippen LogP contribution in [-0.4, -0.2) is 44.2 Å². The van der Waals surface area contributed by atoms with Crippen molar-refractivity contribution in [2.75, 3.05) is 38.1 Å². The molecule has 2 unspecified atom stereocenters. The van der Waals surface area contributed by atoms with E-state index in [0.717, 1.165) is 26.1 Å². The molecule has 1 aromatic rings. The van der Waals surface area contributed by atoms with E-state index < -0.39 is 0 Å². The summed E-state index contributed by atoms with van der Waals surface area (Å²) in [5, 5.41) is 0. The molecule has 1 saturated heterocycles. The van der Waals surface area contributed by atoms with E-state index in [1.165, 1.54) is 17.8 Å². The first-order valence-electron chi connectivity index (χ1n) is 7.32. The number of anilines is 1. The van der Waals surface area contributed by atoms with Gasteiger partial charge in [0.05, 0.1) is 0 Å². The Morgan fingerprint density at radius 3 is 2.47 bits per heavy atom. The smallest absolute Gasteiger partial charge is 0.0429 e. The van der Waals surface area contributed by atoms with E-state index in [1.54, 1.807) is 0 Å². The summed E-state index contributed by atoms with van der Waals surface area (Å²) in [4.78, 5) is 5.00. The molecule has 1 heterocycles. The summed E-state index contributed by atoms with van der Waals surface area (Å²) >= 11 is 0. The number of aryl methyl sites for hydroxylation is 1. The van der Waals surface area contributed by atoms with Gasteiger partial charge in [-0.2, -0.15) is 0 Å². The van der Waals surface area contributed by atoms with Gasteiger partial charge in [0.15, 0.2) is 0 Å². The van der Waals surface area contributed by atoms with Crippen LogP contribution < -0.4 is 10.6 Å². The Bertz CT molecular complexity index is 387. The Morgan fingerprint density at radius 2 is 1.84 bits per heavy atom. The number of nitrogens with zero attached hydrogens (tertiary/aromatic N) is 2. The monoisotopic (exact) mass is 261 g/mol. The summed E-state index contributed by atoms with van der Waals surface area (Å²) in [6, 6.07) is 9.43. The number of benzene rings is 1. The van der Waals surface area contributed by atoms with Gasteiger partial charge in [0, 0.05) is 31.4 Å². The molecule has 0 saturated carbocycles. The molecule has 0 amide bonds. The van der Waals surface area contributed by atoms with Crippen LogP contribution in [0.1, 0.15) is 18.9 Å². The van der Waals surface area contributed by atoms with Gasteiger partial charge in [-0.3, -0.25) is 0 Å². The zero-order valence-corrected chi connectivity index (χ0v) is 12.5. The van der Waals surface area contributed by atoms with Crippen LogP contribution >= 0.6 is 0 Å². The van der Waals surface area contributed by atoms with Crippen molar-refractivity contribution in [3.05, 3.63) is 29.8 Å². The Morgan fingerprint density at radius 1 is 1.16 bits per heavy atom. The third-order valence-electron chi connectivity index (χ3n) is 3.96. The van der Waals surface area contributed by atoms with Crippen molar-refractivity contribution in [3.63, 3.8) is 0 Å². The van der Waals surface area contributed by atoms with Crippen molar-refractivity contribution in [2.45, 2.75) is 26.3 Å². The summed E-state index contributed by atoms with van der Waals surface area (Å²) in [7, 11) is 2.22. The minimum absolute atomic E-state index is 0.530. The molecule has 0 radical (unpaired) electrons. The standard InChI is InChI=1S/C16H27N3/c1-13-4-6-15(7-5-13)19-11-14(2)10-18(3)12-16(19)8-9-17/h4-7,14,16H,8-12,17H2,1-3H3. The summed E-state index contributed by atoms with van der Waals surface area (Å²) < 4.78 is 0. The molecule has 3 heteroatoms. The van der Waals surface area contributed by atoms with Gasteiger partial charge in [-0.1, -0.05) is 24.6 Å². The highest BCUT2D eigenvalue weighted by Gasteiger charge is 2.26. The lowest BCUT2D eigenvalue weighted by atomic mass is 10.1. The van der Waals surface area contributed by atoms with Gasteiger partial charge in [-0.15, -0.1) is 0 Å². The van der Waals surface area contributed by atoms with E-state index in [0.29, 0.717) is 12.0 Å². The lowest BCUT2D eigenvalue weighted by molar-refractivity contribution is 0.300. The molecule has 0 bridgehead atoms. The largest absolute Gasteiger partial charge is 0.367 e. The van der Waals surface area contributed by atoms with E-state index in [2.05, 4.69) is 55.0 Å². The molecule has 1 aliphatic heterocycles. The minimum Gasteiger partial charge on any atom is -0.367 e. The van der Waals surface area contributed by atoms with Crippen LogP contribution in [0.25, 0.3) is 0 Å². The molecule has 0 aliphatic carbocycles. The number of hydrogen-bond donors (Lipinski definition) is 1. The molecule has 2 atom stereocenters. The van der Waals surface area contributed by atoms with Gasteiger partial charge in [0.25, 0.3) is 0 Å². The normalized spacial score (nSPS) is 25.4. The Balaban J connectivity index is 2.23. The molecule has 19 heavy (non-hydrogen) atoms. The second-order valence-electron chi connectivity index (χ2n) is 6.05. The van der Waals surface area contributed by atoms with Gasteiger partial charge in [-0.25, -0.2) is 0 Å². The summed E-state index contributed by atoms with van der Waals surface area (Å²) in [5.74, 6) is 0.689. The van der Waals surface area contributed by atoms with Crippen LogP contribution in [0.3, 0.4) is 0 Å². The molecular formula is C16H27N3. The molecule has 0 spiro atoms. The van der Waals surface area contributed by atoms with E-state index in [4.69, 9.17) is 5.73 Å². The quantitative estimate of drug-likeness (QED) is 0.904. The maximum atomic E-state index is 5.81. The molecule has 1 fully saturated rings. The van der Waals surface area contributed by atoms with Crippen LogP contribution in [0, 0.1) is 12.8 Å². The highest BCUT2D eigenvalue weighted by molar-refractivity contribution is 5.49. The molecule has 1 aliphatic rings. The molecule has 0 aromatic heterocycles. The van der Waals surface area contributed by atoms with E-state index in [1.807, 2.05) is 0 Å². The first kappa shape index (κ1) is 14.4. The first-order valence-corrected chi connectivity index (χ1v) is 7.32. The zero-order chi connectivity index (χ0) is 13.8. The second-order valence-corrected chi connectivity index (χ2v) is 6.05. The summed E-state index contributed by atoms with van der Waals surface area (Å²) in [5.41, 5.74) is 8.47. The van der Waals surface area contributed by atoms with Crippen molar-refractivity contribution in [1.82, 2.24) is 4.90 Å². The first-order chi connectivity index (χ1) is 9.10. The summed E-state index contributed by atoms with van der Waals surface area (Å²) in [6.07, 6.45) is 1.06. The molecule has 3 nitrogen and oxygen atoms in total. The van der Waals surface area contributed by atoms with Crippen molar-refractivity contribution >= 4 is 5.69 Å². The third kappa shape index (κ3) is 3.71. The lowest BCUT2D eigenvalue weighted by Crippen LogP contribution is -2.42. The molecule has 2 N–H and O–H groups in total. The second kappa shape index (κ2) is 6.40. The van der Waals surface area contributed by atoms with Gasteiger partial charge in [0.1, 0.15) is 0 Å². The van der Waals surface area contributed by atoms with Gasteiger partial charge in [0.2, 0.25) is 0 Å². The maximum Gasteiger partial charge on any atom is 0.0429 e. The predicted octanol–water partition coefficient (Wildman–Crippen LogP) is 2.10. The average molecular weight is 261 g/mol. The number of nitrogens with two attached hydrogens (primary N) is 1. The number of likely N-dealkylation sites (N-methyl/N-ethyl adjacent to an activating group) is 1. The van der Waals surface area contributed by atoms with Crippen LogP contribution in [0.2, 0.25) is 0 Å². The third-order valence-corrected chi connectivity index (χ3v) is 3.96. The highest BCUT2D eigenvalue weighted by atomic mass is 15.2. The zero-order valence-electron chi connectivity index (χ0n) is 12.5. The van der Waals surface area contributed by atoms with E-state index in [9.17, 15) is 0 Å². The van der Waals surface area contributed by atoms with Crippen molar-refractivity contribution in [1.29, 1.82) is 0 Å². The van der Waals surface area contributed by atoms with Crippen molar-refractivity contribution in [3.8, 4) is 0 Å². The fourth-order valence-corrected chi connectivity index (χ4v) is 3.10. The van der Waals surface area contributed by atoms with Crippen LogP contribution in [-0.2, 0) is 0 Å². The molecule has 2 rings (SSSR count). The van der Waals surface area contributed by atoms with Gasteiger partial charge >= 0.3 is 0 Å². The molecular weight excluding hydrogens is 234 g/mol. The van der Waals surface area contributed by atoms with E-state index in [-0.39, 0.29) is 0 Å². The Kier molecular flexibility index (Phi) is 4.83. The Hall–Kier alpha value is -1.06. The predicted molar refractivity (Wildman–Crippen MR) is 82.6 cm³/mol. The van der Waals surface area contributed by atoms with E-state index >= 15 is 0 Å². The fourth-order valence-electron chi connectivity index (χ4n) is 3.10. The highest BCUT2D eigenvalue weighted by Crippen LogP contribution is 2.24. The topological polar surface area (TPSA) is 32.5 Å². The Labute approximate surface area is 117 Å². The van der Waals surface area contributed by atoms with Crippen LogP contribution in [0.4, 0.5) is 5.69 Å². The van der Waals surface area contributed by atoms with Crippen molar-refractivity contribution < 1.29 is 0 Å². The molecule has 106 valence electrons. The fraction of sp³-hybridized carbons (Fsp3) is 0.625. The number of hydrogen-bond acceptors (Lipinski definition) is 3. The van der Waals surface area contributed by atoms with Gasteiger partial charge < -0.3 is 15.5 Å². The molecule has 1 aromatic carbocycles. The van der Waals surface area contributed by atoms with Crippen LogP contribution in [0.15, 0.2) is 24.3 Å². The lowest BCUT2D eigenvalue weighted by Gasteiger charge is -2.33. The SMILES string of the molecule is Cc1ccc(N2CC(C)CN(C)CC2CCN)cc1. The average Bonchev–Trinajstić information content (AvgIpc) is 2.49. The maximum absolute atomic E-state index is 5.81.